The molecule has 0 fully saturated rings. The molecular formula is C14H12N2O5. The highest BCUT2D eigenvalue weighted by atomic mass is 17.2. The molecule has 0 radical (unpaired) electrons. The van der Waals surface area contributed by atoms with E-state index in [4.69, 9.17) is 11.5 Å². The third-order valence-corrected chi connectivity index (χ3v) is 2.51. The zero-order valence-electron chi connectivity index (χ0n) is 10.8. The van der Waals surface area contributed by atoms with Crippen molar-refractivity contribution in [2.45, 2.75) is 0 Å². The quantitative estimate of drug-likeness (QED) is 0.476. The van der Waals surface area contributed by atoms with Crippen LogP contribution in [0.25, 0.3) is 10.8 Å². The van der Waals surface area contributed by atoms with Crippen molar-refractivity contribution in [2.75, 3.05) is 11.5 Å². The molecular weight excluding hydrogens is 276 g/mol. The highest BCUT2D eigenvalue weighted by molar-refractivity contribution is 5.60. The van der Waals surface area contributed by atoms with Gasteiger partial charge in [-0.1, -0.05) is 4.74 Å². The summed E-state index contributed by atoms with van der Waals surface area (Å²) in [6.07, 6.45) is 0. The summed E-state index contributed by atoms with van der Waals surface area (Å²) >= 11 is 0. The van der Waals surface area contributed by atoms with Crippen LogP contribution in [-0.2, 0) is 0 Å². The Hall–Kier alpha value is -3.22. The average Bonchev–Trinajstić information content (AvgIpc) is 2.60. The Morgan fingerprint density at radius 3 is 1.29 bits per heavy atom. The van der Waals surface area contributed by atoms with Crippen molar-refractivity contribution in [1.29, 1.82) is 0 Å². The Morgan fingerprint density at radius 2 is 0.952 bits per heavy atom. The summed E-state index contributed by atoms with van der Waals surface area (Å²) in [5.74, 6) is 0. The number of nitrogens with two attached hydrogens (primary N) is 2. The van der Waals surface area contributed by atoms with Gasteiger partial charge in [0, 0.05) is 11.4 Å². The Kier molecular flexibility index (Phi) is 4.25. The second-order valence-electron chi connectivity index (χ2n) is 4.05. The standard InChI is InChI=1S/C8H4O5.C6H8N2/c9-7-5-1-2-6(4-3-5)8(10)12-13-11-7;7-5-1-2-6(8)4-3-5/h1-4H;1-4H,7-8H2. The lowest BCUT2D eigenvalue weighted by atomic mass is 10.2. The van der Waals surface area contributed by atoms with E-state index in [-0.39, 0.29) is 0 Å². The fraction of sp³-hybridized carbons (Fsp3) is 0. The molecule has 0 amide bonds. The third-order valence-electron chi connectivity index (χ3n) is 2.51. The molecule has 2 aromatic heterocycles. The first kappa shape index (κ1) is 14.2. The Bertz CT molecular complexity index is 768. The lowest BCUT2D eigenvalue weighted by molar-refractivity contribution is -0.190. The van der Waals surface area contributed by atoms with E-state index >= 15 is 0 Å². The fourth-order valence-corrected chi connectivity index (χ4v) is 1.41. The highest BCUT2D eigenvalue weighted by Gasteiger charge is 1.96. The van der Waals surface area contributed by atoms with Gasteiger partial charge in [0.15, 0.2) is 0 Å². The number of benzene rings is 2. The molecule has 2 bridgehead atoms. The normalized spacial score (nSPS) is 9.71. The molecule has 108 valence electrons. The van der Waals surface area contributed by atoms with Gasteiger partial charge in [-0.2, -0.15) is 0 Å². The van der Waals surface area contributed by atoms with Crippen LogP contribution >= 0.6 is 0 Å². The summed E-state index contributed by atoms with van der Waals surface area (Å²) in [6, 6.07) is 12.9. The van der Waals surface area contributed by atoms with Crippen molar-refractivity contribution in [2.24, 2.45) is 0 Å². The van der Waals surface area contributed by atoms with E-state index in [1.807, 2.05) is 0 Å². The van der Waals surface area contributed by atoms with Crippen molar-refractivity contribution in [1.82, 2.24) is 0 Å². The second kappa shape index (κ2) is 6.29. The van der Waals surface area contributed by atoms with E-state index in [2.05, 4.69) is 13.9 Å². The Balaban J connectivity index is 0.000000173. The molecule has 0 aliphatic heterocycles. The van der Waals surface area contributed by atoms with Crippen molar-refractivity contribution >= 4 is 22.1 Å². The molecule has 0 saturated carbocycles. The zero-order chi connectivity index (χ0) is 15.2. The molecule has 0 saturated heterocycles. The minimum absolute atomic E-state index is 0.294. The topological polar surface area (TPSA) is 126 Å². The molecule has 0 spiro atoms. The predicted octanol–water partition coefficient (Wildman–Crippen LogP) is 1.75. The molecule has 4 rings (SSSR count). The maximum Gasteiger partial charge on any atom is 0.390 e. The largest absolute Gasteiger partial charge is 0.399 e. The van der Waals surface area contributed by atoms with Gasteiger partial charge in [-0.25, -0.2) is 18.7 Å². The first-order valence-corrected chi connectivity index (χ1v) is 5.87. The van der Waals surface area contributed by atoms with Gasteiger partial charge in [-0.05, 0) is 48.5 Å². The summed E-state index contributed by atoms with van der Waals surface area (Å²) in [5, 5.41) is 0.587. The number of nitrogen functional groups attached to an aromatic ring is 2. The second-order valence-corrected chi connectivity index (χ2v) is 4.05. The summed E-state index contributed by atoms with van der Waals surface area (Å²) in [5.41, 5.74) is 10.8. The molecule has 21 heavy (non-hydrogen) atoms. The van der Waals surface area contributed by atoms with Crippen LogP contribution in [0.15, 0.2) is 72.0 Å². The molecule has 2 aromatic carbocycles. The van der Waals surface area contributed by atoms with Gasteiger partial charge in [0.05, 0.1) is 10.8 Å². The van der Waals surface area contributed by atoms with Crippen LogP contribution in [0.5, 0.6) is 0 Å². The van der Waals surface area contributed by atoms with Crippen molar-refractivity contribution < 1.29 is 13.9 Å². The van der Waals surface area contributed by atoms with E-state index in [1.54, 1.807) is 24.3 Å². The van der Waals surface area contributed by atoms with E-state index < -0.39 is 11.3 Å². The first-order valence-electron chi connectivity index (χ1n) is 5.87. The van der Waals surface area contributed by atoms with Crippen LogP contribution in [-0.4, -0.2) is 0 Å². The van der Waals surface area contributed by atoms with E-state index in [0.717, 1.165) is 11.4 Å². The van der Waals surface area contributed by atoms with Gasteiger partial charge in [-0.3, -0.25) is 0 Å². The van der Waals surface area contributed by atoms with Crippen LogP contribution < -0.4 is 22.7 Å². The average molecular weight is 288 g/mol. The third kappa shape index (κ3) is 3.87. The molecule has 0 aliphatic carbocycles. The van der Waals surface area contributed by atoms with E-state index in [9.17, 15) is 9.59 Å². The molecule has 0 atom stereocenters. The zero-order valence-corrected chi connectivity index (χ0v) is 10.8. The molecule has 7 nitrogen and oxygen atoms in total. The number of anilines is 2. The van der Waals surface area contributed by atoms with Gasteiger partial charge >= 0.3 is 11.3 Å². The minimum Gasteiger partial charge on any atom is -0.399 e. The van der Waals surface area contributed by atoms with Gasteiger partial charge < -0.3 is 11.5 Å². The molecule has 4 N–H and O–H groups in total. The van der Waals surface area contributed by atoms with Crippen LogP contribution in [0.4, 0.5) is 11.4 Å². The van der Waals surface area contributed by atoms with Crippen LogP contribution in [0.3, 0.4) is 0 Å². The summed E-state index contributed by atoms with van der Waals surface area (Å²) in [4.78, 5) is 22.0. The number of rotatable bonds is 0. The molecule has 0 aliphatic rings. The Morgan fingerprint density at radius 1 is 0.619 bits per heavy atom. The summed E-state index contributed by atoms with van der Waals surface area (Å²) < 4.78 is 12.2. The minimum atomic E-state index is -0.707. The summed E-state index contributed by atoms with van der Waals surface area (Å²) in [6.45, 7) is 0. The SMILES string of the molecule is Nc1ccc(N)cc1.O=c1oooc(=O)c2ccc1cc2. The van der Waals surface area contributed by atoms with Crippen LogP contribution in [0.2, 0.25) is 0 Å². The van der Waals surface area contributed by atoms with E-state index in [1.165, 1.54) is 24.3 Å². The molecule has 0 unspecified atom stereocenters. The lowest BCUT2D eigenvalue weighted by Gasteiger charge is -1.90. The van der Waals surface area contributed by atoms with Gasteiger partial charge in [-0.15, -0.1) is 0 Å². The highest BCUT2D eigenvalue weighted by Crippen LogP contribution is 2.04. The fourth-order valence-electron chi connectivity index (χ4n) is 1.41. The number of hydrogen-bond acceptors (Lipinski definition) is 7. The summed E-state index contributed by atoms with van der Waals surface area (Å²) in [7, 11) is 0. The maximum absolute atomic E-state index is 11.0. The van der Waals surface area contributed by atoms with Crippen LogP contribution in [0.1, 0.15) is 0 Å². The van der Waals surface area contributed by atoms with Crippen molar-refractivity contribution in [3.8, 4) is 0 Å². The maximum atomic E-state index is 11.0. The first-order chi connectivity index (χ1) is 10.1. The van der Waals surface area contributed by atoms with Gasteiger partial charge in [0.2, 0.25) is 0 Å². The molecule has 2 heterocycles. The Labute approximate surface area is 117 Å². The molecule has 7 heteroatoms. The van der Waals surface area contributed by atoms with Gasteiger partial charge in [0.1, 0.15) is 0 Å². The van der Waals surface area contributed by atoms with Crippen molar-refractivity contribution in [3.05, 3.63) is 69.4 Å². The number of hydrogen-bond donors (Lipinski definition) is 2. The van der Waals surface area contributed by atoms with E-state index in [0.29, 0.717) is 10.8 Å². The molecule has 4 aromatic rings. The lowest BCUT2D eigenvalue weighted by Crippen LogP contribution is -1.93. The monoisotopic (exact) mass is 288 g/mol. The smallest absolute Gasteiger partial charge is 0.390 e. The van der Waals surface area contributed by atoms with Gasteiger partial charge in [0.25, 0.3) is 0 Å². The van der Waals surface area contributed by atoms with Crippen LogP contribution in [0, 0.1) is 0 Å². The number of fused-ring (bicyclic) bond motifs is 6. The van der Waals surface area contributed by atoms with Crippen molar-refractivity contribution in [3.63, 3.8) is 0 Å². The predicted molar refractivity (Wildman–Crippen MR) is 77.4 cm³/mol.